The second kappa shape index (κ2) is 4.08. The highest BCUT2D eigenvalue weighted by Crippen LogP contribution is 2.22. The van der Waals surface area contributed by atoms with E-state index in [0.29, 0.717) is 10.8 Å². The molecule has 1 aromatic rings. The average molecular weight is 286 g/mol. The summed E-state index contributed by atoms with van der Waals surface area (Å²) in [5.74, 6) is 0.544. The molecule has 5 heteroatoms. The molecule has 0 saturated carbocycles. The minimum atomic E-state index is 0. The fourth-order valence-corrected chi connectivity index (χ4v) is 1.31. The number of hydrogen-bond acceptors (Lipinski definition) is 3. The number of nitrogens with zero attached hydrogens (tertiary/aromatic N) is 1. The van der Waals surface area contributed by atoms with Gasteiger partial charge < -0.3 is 11.9 Å². The first kappa shape index (κ1) is 10.9. The number of pyridine rings is 1. The third kappa shape index (κ3) is 2.18. The zero-order valence-electron chi connectivity index (χ0n) is 6.06. The molecule has 0 bridgehead atoms. The van der Waals surface area contributed by atoms with Crippen molar-refractivity contribution in [2.24, 2.45) is 0 Å². The van der Waals surface area contributed by atoms with Crippen LogP contribution in [0.15, 0.2) is 6.20 Å². The van der Waals surface area contributed by atoms with Crippen molar-refractivity contribution in [2.45, 2.75) is 6.92 Å². The van der Waals surface area contributed by atoms with Crippen LogP contribution in [0.3, 0.4) is 0 Å². The molecule has 0 fully saturated rings. The third-order valence-corrected chi connectivity index (χ3v) is 2.97. The first-order chi connectivity index (χ1) is 4.63. The van der Waals surface area contributed by atoms with E-state index in [1.54, 1.807) is 6.20 Å². The second-order valence-corrected chi connectivity index (χ2v) is 3.42. The van der Waals surface area contributed by atoms with Crippen molar-refractivity contribution in [3.63, 3.8) is 0 Å². The van der Waals surface area contributed by atoms with Gasteiger partial charge in [-0.25, -0.2) is 4.98 Å². The van der Waals surface area contributed by atoms with Gasteiger partial charge in [0, 0.05) is 6.20 Å². The van der Waals surface area contributed by atoms with Gasteiger partial charge in [0.2, 0.25) is 0 Å². The maximum absolute atomic E-state index is 5.76. The van der Waals surface area contributed by atoms with E-state index in [1.807, 2.05) is 6.92 Å². The summed E-state index contributed by atoms with van der Waals surface area (Å²) in [6, 6.07) is 0. The molecule has 1 heterocycles. The van der Waals surface area contributed by atoms with Crippen LogP contribution in [0.2, 0.25) is 5.02 Å². The number of rotatable bonds is 0. The van der Waals surface area contributed by atoms with Crippen LogP contribution in [0.4, 0.5) is 5.82 Å². The van der Waals surface area contributed by atoms with Crippen LogP contribution in [0.1, 0.15) is 5.56 Å². The molecule has 0 aliphatic heterocycles. The van der Waals surface area contributed by atoms with E-state index in [9.17, 15) is 0 Å². The zero-order chi connectivity index (χ0) is 7.72. The molecule has 1 aromatic heterocycles. The van der Waals surface area contributed by atoms with Gasteiger partial charge in [-0.3, -0.25) is 0 Å². The summed E-state index contributed by atoms with van der Waals surface area (Å²) in [5, 5.41) is 0.665. The van der Waals surface area contributed by atoms with Crippen LogP contribution in [0.25, 0.3) is 0 Å². The van der Waals surface area contributed by atoms with Crippen molar-refractivity contribution in [1.82, 2.24) is 11.1 Å². The Morgan fingerprint density at radius 3 is 2.64 bits per heavy atom. The maximum atomic E-state index is 5.76. The lowest BCUT2D eigenvalue weighted by Gasteiger charge is -2.01. The molecule has 62 valence electrons. The maximum Gasteiger partial charge on any atom is 0.137 e. The van der Waals surface area contributed by atoms with E-state index >= 15 is 0 Å². The van der Waals surface area contributed by atoms with Gasteiger partial charge in [-0.1, -0.05) is 11.6 Å². The topological polar surface area (TPSA) is 73.9 Å². The van der Waals surface area contributed by atoms with Crippen LogP contribution >= 0.6 is 34.2 Å². The Morgan fingerprint density at radius 1 is 1.64 bits per heavy atom. The molecule has 0 spiro atoms. The molecule has 11 heavy (non-hydrogen) atoms. The Hall–Kier alpha value is -0.0700. The smallest absolute Gasteiger partial charge is 0.137 e. The van der Waals surface area contributed by atoms with Crippen LogP contribution in [0.5, 0.6) is 0 Å². The van der Waals surface area contributed by atoms with Gasteiger partial charge in [-0.05, 0) is 35.1 Å². The Balaban J connectivity index is 0.000001000. The Bertz CT molecular complexity index is 237. The number of nitrogen functional groups attached to an aromatic ring is 1. The van der Waals surface area contributed by atoms with Crippen LogP contribution in [-0.4, -0.2) is 4.98 Å². The molecule has 0 radical (unpaired) electrons. The van der Waals surface area contributed by atoms with Crippen molar-refractivity contribution in [2.75, 3.05) is 5.73 Å². The molecule has 3 nitrogen and oxygen atoms in total. The van der Waals surface area contributed by atoms with E-state index in [-0.39, 0.29) is 6.15 Å². The van der Waals surface area contributed by atoms with Gasteiger partial charge in [0.15, 0.2) is 0 Å². The summed E-state index contributed by atoms with van der Waals surface area (Å²) in [6.07, 6.45) is 1.56. The monoisotopic (exact) mass is 285 g/mol. The summed E-state index contributed by atoms with van der Waals surface area (Å²) in [6.45, 7) is 1.92. The summed E-state index contributed by atoms with van der Waals surface area (Å²) in [5.41, 5.74) is 6.51. The number of aromatic nitrogens is 1. The van der Waals surface area contributed by atoms with E-state index < -0.39 is 0 Å². The first-order valence-electron chi connectivity index (χ1n) is 2.69. The van der Waals surface area contributed by atoms with Crippen molar-refractivity contribution in [3.05, 3.63) is 20.4 Å². The van der Waals surface area contributed by atoms with Crippen molar-refractivity contribution in [1.29, 1.82) is 0 Å². The third-order valence-electron chi connectivity index (χ3n) is 1.23. The van der Waals surface area contributed by atoms with Gasteiger partial charge in [0.05, 0.1) is 8.59 Å². The molecule has 0 saturated heterocycles. The molecular weight excluding hydrogens is 276 g/mol. The number of hydrogen-bond donors (Lipinski definition) is 2. The Kier molecular flexibility index (Phi) is 4.05. The fraction of sp³-hybridized carbons (Fsp3) is 0.167. The number of halogens is 2. The first-order valence-corrected chi connectivity index (χ1v) is 4.14. The van der Waals surface area contributed by atoms with E-state index in [2.05, 4.69) is 27.6 Å². The summed E-state index contributed by atoms with van der Waals surface area (Å²) in [7, 11) is 0. The average Bonchev–Trinajstić information content (AvgIpc) is 1.93. The Labute approximate surface area is 84.1 Å². The molecule has 5 N–H and O–H groups in total. The molecular formula is C6H9ClIN3. The zero-order valence-corrected chi connectivity index (χ0v) is 8.98. The molecule has 1 rings (SSSR count). The molecule has 0 aromatic carbocycles. The standard InChI is InChI=1S/C6H6ClIN2.H3N/c1-3-4(7)2-10-6(9)5(3)8;/h2H,1H3,(H2,9,10);1H3. The highest BCUT2D eigenvalue weighted by Gasteiger charge is 2.03. The van der Waals surface area contributed by atoms with Gasteiger partial charge in [0.1, 0.15) is 5.82 Å². The Morgan fingerprint density at radius 2 is 2.18 bits per heavy atom. The molecule has 0 atom stereocenters. The highest BCUT2D eigenvalue weighted by atomic mass is 127. The quantitative estimate of drug-likeness (QED) is 0.719. The second-order valence-electron chi connectivity index (χ2n) is 1.93. The van der Waals surface area contributed by atoms with E-state index in [1.165, 1.54) is 0 Å². The molecule has 0 amide bonds. The number of nitrogens with two attached hydrogens (primary N) is 1. The predicted molar refractivity (Wildman–Crippen MR) is 56.1 cm³/mol. The van der Waals surface area contributed by atoms with Crippen LogP contribution in [-0.2, 0) is 0 Å². The summed E-state index contributed by atoms with van der Waals surface area (Å²) < 4.78 is 0.935. The van der Waals surface area contributed by atoms with Crippen molar-refractivity contribution >= 4 is 40.0 Å². The summed E-state index contributed by atoms with van der Waals surface area (Å²) >= 11 is 7.89. The van der Waals surface area contributed by atoms with E-state index in [0.717, 1.165) is 9.13 Å². The van der Waals surface area contributed by atoms with E-state index in [4.69, 9.17) is 17.3 Å². The van der Waals surface area contributed by atoms with Gasteiger partial charge >= 0.3 is 0 Å². The van der Waals surface area contributed by atoms with Crippen LogP contribution in [0, 0.1) is 10.5 Å². The van der Waals surface area contributed by atoms with Gasteiger partial charge in [-0.15, -0.1) is 0 Å². The SMILES string of the molecule is Cc1c(Cl)cnc(N)c1I.N. The molecule has 0 aliphatic carbocycles. The van der Waals surface area contributed by atoms with Crippen LogP contribution < -0.4 is 11.9 Å². The molecule has 0 aliphatic rings. The largest absolute Gasteiger partial charge is 0.383 e. The van der Waals surface area contributed by atoms with Gasteiger partial charge in [0.25, 0.3) is 0 Å². The fourth-order valence-electron chi connectivity index (χ4n) is 0.577. The lowest BCUT2D eigenvalue weighted by Crippen LogP contribution is -1.95. The highest BCUT2D eigenvalue weighted by molar-refractivity contribution is 14.1. The minimum Gasteiger partial charge on any atom is -0.383 e. The number of anilines is 1. The van der Waals surface area contributed by atoms with Crippen molar-refractivity contribution < 1.29 is 0 Å². The lowest BCUT2D eigenvalue weighted by atomic mass is 10.3. The molecule has 0 unspecified atom stereocenters. The normalized spacial score (nSPS) is 9.00. The van der Waals surface area contributed by atoms with Crippen molar-refractivity contribution in [3.8, 4) is 0 Å². The van der Waals surface area contributed by atoms with Gasteiger partial charge in [-0.2, -0.15) is 0 Å². The predicted octanol–water partition coefficient (Wildman–Crippen LogP) is 2.39. The lowest BCUT2D eigenvalue weighted by molar-refractivity contribution is 1.27. The minimum absolute atomic E-state index is 0. The summed E-state index contributed by atoms with van der Waals surface area (Å²) in [4.78, 5) is 3.88.